The highest BCUT2D eigenvalue weighted by Gasteiger charge is 2.13. The molecule has 0 amide bonds. The third-order valence-corrected chi connectivity index (χ3v) is 2.87. The lowest BCUT2D eigenvalue weighted by atomic mass is 10.3. The fraction of sp³-hybridized carbons (Fsp3) is 0. The van der Waals surface area contributed by atoms with Crippen LogP contribution in [0.1, 0.15) is 0 Å². The fourth-order valence-electron chi connectivity index (χ4n) is 1.51. The number of benzene rings is 2. The topological polar surface area (TPSA) is 58.5 Å². The van der Waals surface area contributed by atoms with Gasteiger partial charge in [0.05, 0.1) is 11.4 Å². The lowest BCUT2D eigenvalue weighted by Gasteiger charge is -2.26. The van der Waals surface area contributed by atoms with Crippen LogP contribution in [0.2, 0.25) is 0 Å². The zero-order valence-electron chi connectivity index (χ0n) is 9.73. The number of para-hydroxylation sites is 2. The largest absolute Gasteiger partial charge is 0.253 e. The van der Waals surface area contributed by atoms with Crippen LogP contribution in [-0.2, 0) is 0 Å². The van der Waals surface area contributed by atoms with Crippen LogP contribution in [0.5, 0.6) is 0 Å². The number of hydrogen-bond acceptors (Lipinski definition) is 3. The zero-order valence-corrected chi connectivity index (χ0v) is 10.5. The summed E-state index contributed by atoms with van der Waals surface area (Å²) in [6.45, 7) is 0. The Morgan fingerprint density at radius 2 is 1.06 bits per heavy atom. The normalized spacial score (nSPS) is 9.89. The van der Waals surface area contributed by atoms with Gasteiger partial charge in [-0.15, -0.1) is 0 Å². The third kappa shape index (κ3) is 2.65. The molecule has 0 aliphatic heterocycles. The number of nitrogens with two attached hydrogens (primary N) is 2. The Bertz CT molecular complexity index is 468. The maximum absolute atomic E-state index is 5.95. The van der Waals surface area contributed by atoms with Gasteiger partial charge in [-0.25, -0.2) is 11.7 Å². The Hall–Kier alpha value is -1.95. The molecule has 4 nitrogen and oxygen atoms in total. The van der Waals surface area contributed by atoms with Crippen molar-refractivity contribution in [2.75, 3.05) is 10.0 Å². The van der Waals surface area contributed by atoms with Gasteiger partial charge in [-0.2, -0.15) is 0 Å². The minimum atomic E-state index is 0.326. The van der Waals surface area contributed by atoms with E-state index in [0.717, 1.165) is 11.4 Å². The molecule has 2 rings (SSSR count). The molecule has 2 aromatic rings. The van der Waals surface area contributed by atoms with Crippen molar-refractivity contribution in [3.8, 4) is 0 Å². The van der Waals surface area contributed by atoms with Crippen LogP contribution >= 0.6 is 12.2 Å². The summed E-state index contributed by atoms with van der Waals surface area (Å²) >= 11 is 5.27. The fourth-order valence-corrected chi connectivity index (χ4v) is 1.72. The maximum atomic E-state index is 5.95. The first-order valence-corrected chi connectivity index (χ1v) is 5.84. The molecule has 2 aromatic carbocycles. The molecule has 0 spiro atoms. The van der Waals surface area contributed by atoms with Crippen molar-refractivity contribution in [2.24, 2.45) is 11.7 Å². The van der Waals surface area contributed by atoms with Crippen molar-refractivity contribution in [2.45, 2.75) is 0 Å². The molecule has 92 valence electrons. The van der Waals surface area contributed by atoms with E-state index in [0.29, 0.717) is 5.11 Å². The first-order valence-electron chi connectivity index (χ1n) is 5.44. The van der Waals surface area contributed by atoms with Gasteiger partial charge in [0, 0.05) is 0 Å². The molecule has 0 heterocycles. The molecule has 0 saturated carbocycles. The first-order chi connectivity index (χ1) is 8.70. The van der Waals surface area contributed by atoms with E-state index < -0.39 is 0 Å². The van der Waals surface area contributed by atoms with Crippen LogP contribution in [0.3, 0.4) is 0 Å². The molecule has 18 heavy (non-hydrogen) atoms. The number of hydrazine groups is 2. The predicted molar refractivity (Wildman–Crippen MR) is 78.8 cm³/mol. The second kappa shape index (κ2) is 5.59. The van der Waals surface area contributed by atoms with Gasteiger partial charge in [0.2, 0.25) is 5.11 Å². The van der Waals surface area contributed by atoms with Gasteiger partial charge in [0.1, 0.15) is 0 Å². The summed E-state index contributed by atoms with van der Waals surface area (Å²) in [7, 11) is 0. The van der Waals surface area contributed by atoms with Crippen LogP contribution in [0.25, 0.3) is 0 Å². The molecule has 0 fully saturated rings. The van der Waals surface area contributed by atoms with Crippen molar-refractivity contribution in [1.82, 2.24) is 0 Å². The predicted octanol–water partition coefficient (Wildman–Crippen LogP) is 2.03. The molecule has 0 bridgehead atoms. The Labute approximate surface area is 111 Å². The minimum Gasteiger partial charge on any atom is -0.253 e. The Morgan fingerprint density at radius 1 is 0.722 bits per heavy atom. The number of rotatable bonds is 2. The summed E-state index contributed by atoms with van der Waals surface area (Å²) in [6, 6.07) is 18.9. The van der Waals surface area contributed by atoms with Crippen LogP contribution in [0.4, 0.5) is 11.4 Å². The number of anilines is 2. The quantitative estimate of drug-likeness (QED) is 0.490. The third-order valence-electron chi connectivity index (χ3n) is 2.48. The smallest absolute Gasteiger partial charge is 0.209 e. The SMILES string of the molecule is NN(C(=S)N(N)c1ccccc1)c1ccccc1. The summed E-state index contributed by atoms with van der Waals surface area (Å²) in [5, 5.41) is 3.08. The highest BCUT2D eigenvalue weighted by Crippen LogP contribution is 2.15. The van der Waals surface area contributed by atoms with Gasteiger partial charge in [0.15, 0.2) is 0 Å². The molecule has 0 aromatic heterocycles. The summed E-state index contributed by atoms with van der Waals surface area (Å²) in [4.78, 5) is 0. The summed E-state index contributed by atoms with van der Waals surface area (Å²) in [5.74, 6) is 11.9. The van der Waals surface area contributed by atoms with E-state index in [9.17, 15) is 0 Å². The molecular formula is C13H14N4S. The highest BCUT2D eigenvalue weighted by atomic mass is 32.1. The van der Waals surface area contributed by atoms with Crippen LogP contribution in [0, 0.1) is 0 Å². The van der Waals surface area contributed by atoms with Gasteiger partial charge in [-0.05, 0) is 36.5 Å². The second-order valence-corrected chi connectivity index (χ2v) is 4.06. The monoisotopic (exact) mass is 258 g/mol. The standard InChI is InChI=1S/C13H14N4S/c14-16(11-7-3-1-4-8-11)13(18)17(15)12-9-5-2-6-10-12/h1-10H,14-15H2. The Balaban J connectivity index is 2.17. The molecule has 0 aliphatic rings. The summed E-state index contributed by atoms with van der Waals surface area (Å²) in [6.07, 6.45) is 0. The molecule has 0 saturated heterocycles. The Kier molecular flexibility index (Phi) is 3.88. The van der Waals surface area contributed by atoms with Gasteiger partial charge in [-0.3, -0.25) is 10.0 Å². The van der Waals surface area contributed by atoms with E-state index >= 15 is 0 Å². The minimum absolute atomic E-state index is 0.326. The van der Waals surface area contributed by atoms with Crippen molar-refractivity contribution in [3.05, 3.63) is 60.7 Å². The van der Waals surface area contributed by atoms with Gasteiger partial charge in [-0.1, -0.05) is 36.4 Å². The molecule has 0 aliphatic carbocycles. The zero-order chi connectivity index (χ0) is 13.0. The van der Waals surface area contributed by atoms with E-state index in [4.69, 9.17) is 23.9 Å². The van der Waals surface area contributed by atoms with E-state index in [2.05, 4.69) is 0 Å². The van der Waals surface area contributed by atoms with Gasteiger partial charge < -0.3 is 0 Å². The van der Waals surface area contributed by atoms with Crippen LogP contribution in [-0.4, -0.2) is 5.11 Å². The van der Waals surface area contributed by atoms with E-state index in [1.807, 2.05) is 60.7 Å². The number of hydrogen-bond donors (Lipinski definition) is 2. The average Bonchev–Trinajstić information content (AvgIpc) is 2.47. The van der Waals surface area contributed by atoms with Crippen LogP contribution in [0.15, 0.2) is 60.7 Å². The molecular weight excluding hydrogens is 244 g/mol. The number of nitrogens with zero attached hydrogens (tertiary/aromatic N) is 2. The average molecular weight is 258 g/mol. The lowest BCUT2D eigenvalue weighted by Crippen LogP contribution is -2.50. The molecule has 5 heteroatoms. The van der Waals surface area contributed by atoms with Crippen molar-refractivity contribution in [1.29, 1.82) is 0 Å². The van der Waals surface area contributed by atoms with Crippen molar-refractivity contribution in [3.63, 3.8) is 0 Å². The molecule has 0 radical (unpaired) electrons. The van der Waals surface area contributed by atoms with Gasteiger partial charge >= 0.3 is 0 Å². The Morgan fingerprint density at radius 3 is 1.39 bits per heavy atom. The van der Waals surface area contributed by atoms with Crippen molar-refractivity contribution >= 4 is 28.7 Å². The van der Waals surface area contributed by atoms with E-state index in [1.165, 1.54) is 10.0 Å². The summed E-state index contributed by atoms with van der Waals surface area (Å²) < 4.78 is 0. The lowest BCUT2D eigenvalue weighted by molar-refractivity contribution is 1.05. The summed E-state index contributed by atoms with van der Waals surface area (Å²) in [5.41, 5.74) is 1.57. The molecule has 4 N–H and O–H groups in total. The first kappa shape index (κ1) is 12.5. The molecule has 0 atom stereocenters. The van der Waals surface area contributed by atoms with Crippen LogP contribution < -0.4 is 21.7 Å². The highest BCUT2D eigenvalue weighted by molar-refractivity contribution is 7.80. The van der Waals surface area contributed by atoms with E-state index in [1.54, 1.807) is 0 Å². The number of thiocarbonyl (C=S) groups is 1. The van der Waals surface area contributed by atoms with Crippen molar-refractivity contribution < 1.29 is 0 Å². The van der Waals surface area contributed by atoms with Gasteiger partial charge in [0.25, 0.3) is 0 Å². The van der Waals surface area contributed by atoms with E-state index in [-0.39, 0.29) is 0 Å². The maximum Gasteiger partial charge on any atom is 0.209 e. The molecule has 0 unspecified atom stereocenters. The second-order valence-electron chi connectivity index (χ2n) is 3.69.